The first-order chi connectivity index (χ1) is 9.63. The molecule has 1 fully saturated rings. The van der Waals surface area contributed by atoms with Crippen molar-refractivity contribution in [1.82, 2.24) is 9.88 Å². The molecule has 0 radical (unpaired) electrons. The van der Waals surface area contributed by atoms with Crippen LogP contribution in [-0.2, 0) is 20.7 Å². The maximum atomic E-state index is 12.0. The Kier molecular flexibility index (Phi) is 4.94. The maximum Gasteiger partial charge on any atom is 0.410 e. The number of ether oxygens (including phenoxy) is 2. The monoisotopic (exact) mass is 298 g/mol. The highest BCUT2D eigenvalue weighted by Crippen LogP contribution is 2.20. The van der Waals surface area contributed by atoms with E-state index in [1.165, 1.54) is 12.0 Å². The Morgan fingerprint density at radius 2 is 2.35 bits per heavy atom. The van der Waals surface area contributed by atoms with Gasteiger partial charge < -0.3 is 9.47 Å². The average Bonchev–Trinajstić information content (AvgIpc) is 3.07. The number of rotatable bonds is 4. The van der Waals surface area contributed by atoms with Crippen LogP contribution in [0.25, 0.3) is 0 Å². The lowest BCUT2D eigenvalue weighted by molar-refractivity contribution is -0.148. The quantitative estimate of drug-likeness (QED) is 0.792. The van der Waals surface area contributed by atoms with Gasteiger partial charge in [0.25, 0.3) is 0 Å². The topological polar surface area (TPSA) is 68.7 Å². The molecule has 1 amide bonds. The summed E-state index contributed by atoms with van der Waals surface area (Å²) in [7, 11) is 1.32. The minimum atomic E-state index is -0.509. The van der Waals surface area contributed by atoms with E-state index in [0.717, 1.165) is 17.0 Å². The molecule has 110 valence electrons. The van der Waals surface area contributed by atoms with Crippen LogP contribution in [0.3, 0.4) is 0 Å². The molecule has 0 bridgehead atoms. The van der Waals surface area contributed by atoms with Crippen molar-refractivity contribution in [3.8, 4) is 0 Å². The molecule has 6 nitrogen and oxygen atoms in total. The molecule has 20 heavy (non-hydrogen) atoms. The molecule has 0 N–H and O–H groups in total. The molecule has 0 saturated carbocycles. The second-order valence-corrected chi connectivity index (χ2v) is 5.54. The standard InChI is InChI=1S/C13H18N2O4S/c1-9-11(20-8-14-9)5-7-19-12(16)10-4-3-6-15(10)13(17)18-2/h8,10H,3-7H2,1-2H3. The number of aromatic nitrogens is 1. The van der Waals surface area contributed by atoms with Gasteiger partial charge in [-0.15, -0.1) is 11.3 Å². The van der Waals surface area contributed by atoms with Gasteiger partial charge in [-0.25, -0.2) is 14.6 Å². The maximum absolute atomic E-state index is 12.0. The lowest BCUT2D eigenvalue weighted by Gasteiger charge is -2.21. The first kappa shape index (κ1) is 14.8. The molecule has 1 saturated heterocycles. The summed E-state index contributed by atoms with van der Waals surface area (Å²) >= 11 is 1.56. The number of amides is 1. The highest BCUT2D eigenvalue weighted by molar-refractivity contribution is 7.09. The van der Waals surface area contributed by atoms with Crippen LogP contribution in [0.15, 0.2) is 5.51 Å². The van der Waals surface area contributed by atoms with Crippen LogP contribution < -0.4 is 0 Å². The van der Waals surface area contributed by atoms with E-state index in [1.54, 1.807) is 16.8 Å². The van der Waals surface area contributed by atoms with E-state index in [0.29, 0.717) is 26.0 Å². The Balaban J connectivity index is 1.82. The van der Waals surface area contributed by atoms with Crippen LogP contribution in [0.2, 0.25) is 0 Å². The number of carbonyl (C=O) groups excluding carboxylic acids is 2. The first-order valence-electron chi connectivity index (χ1n) is 6.53. The lowest BCUT2D eigenvalue weighted by Crippen LogP contribution is -2.41. The number of nitrogens with zero attached hydrogens (tertiary/aromatic N) is 2. The molecule has 0 aromatic carbocycles. The summed E-state index contributed by atoms with van der Waals surface area (Å²) < 4.78 is 9.94. The molecular formula is C13H18N2O4S. The summed E-state index contributed by atoms with van der Waals surface area (Å²) in [6.45, 7) is 2.79. The minimum Gasteiger partial charge on any atom is -0.464 e. The zero-order valence-electron chi connectivity index (χ0n) is 11.6. The number of hydrogen-bond donors (Lipinski definition) is 0. The van der Waals surface area contributed by atoms with Crippen LogP contribution in [0.1, 0.15) is 23.4 Å². The molecule has 1 aliphatic rings. The Morgan fingerprint density at radius 1 is 1.55 bits per heavy atom. The van der Waals surface area contributed by atoms with Crippen LogP contribution in [-0.4, -0.2) is 48.2 Å². The van der Waals surface area contributed by atoms with E-state index in [9.17, 15) is 9.59 Å². The molecule has 7 heteroatoms. The average molecular weight is 298 g/mol. The van der Waals surface area contributed by atoms with Crippen molar-refractivity contribution >= 4 is 23.4 Å². The highest BCUT2D eigenvalue weighted by atomic mass is 32.1. The van der Waals surface area contributed by atoms with Crippen LogP contribution in [0.4, 0.5) is 4.79 Å². The number of likely N-dealkylation sites (tertiary alicyclic amines) is 1. The summed E-state index contributed by atoms with van der Waals surface area (Å²) in [6.07, 6.45) is 1.62. The molecule has 0 aliphatic carbocycles. The number of carbonyl (C=O) groups is 2. The summed E-state index contributed by atoms with van der Waals surface area (Å²) in [5.41, 5.74) is 2.76. The fourth-order valence-corrected chi connectivity index (χ4v) is 3.02. The van der Waals surface area contributed by atoms with Crippen LogP contribution >= 0.6 is 11.3 Å². The van der Waals surface area contributed by atoms with Gasteiger partial charge in [0, 0.05) is 17.8 Å². The Morgan fingerprint density at radius 3 is 3.00 bits per heavy atom. The second-order valence-electron chi connectivity index (χ2n) is 4.60. The van der Waals surface area contributed by atoms with Gasteiger partial charge in [0.1, 0.15) is 6.04 Å². The normalized spacial score (nSPS) is 18.1. The van der Waals surface area contributed by atoms with E-state index in [1.807, 2.05) is 6.92 Å². The predicted molar refractivity (Wildman–Crippen MR) is 73.6 cm³/mol. The Hall–Kier alpha value is -1.63. The molecule has 1 unspecified atom stereocenters. The van der Waals surface area contributed by atoms with E-state index in [2.05, 4.69) is 9.72 Å². The number of thiazole rings is 1. The van der Waals surface area contributed by atoms with E-state index in [-0.39, 0.29) is 5.97 Å². The number of methoxy groups -OCH3 is 1. The zero-order valence-corrected chi connectivity index (χ0v) is 12.4. The van der Waals surface area contributed by atoms with Gasteiger partial charge in [0.15, 0.2) is 0 Å². The van der Waals surface area contributed by atoms with Crippen molar-refractivity contribution in [3.63, 3.8) is 0 Å². The van der Waals surface area contributed by atoms with Gasteiger partial charge in [0.05, 0.1) is 24.9 Å². The lowest BCUT2D eigenvalue weighted by atomic mass is 10.2. The minimum absolute atomic E-state index is 0.313. The fraction of sp³-hybridized carbons (Fsp3) is 0.615. The highest BCUT2D eigenvalue weighted by Gasteiger charge is 2.35. The summed E-state index contributed by atoms with van der Waals surface area (Å²) in [5.74, 6) is -0.352. The molecule has 2 rings (SSSR count). The third-order valence-electron chi connectivity index (χ3n) is 3.35. The van der Waals surface area contributed by atoms with E-state index < -0.39 is 12.1 Å². The number of aryl methyl sites for hydroxylation is 1. The van der Waals surface area contributed by atoms with E-state index in [4.69, 9.17) is 4.74 Å². The van der Waals surface area contributed by atoms with E-state index >= 15 is 0 Å². The molecule has 1 atom stereocenters. The van der Waals surface area contributed by atoms with Gasteiger partial charge in [-0.05, 0) is 19.8 Å². The summed E-state index contributed by atoms with van der Waals surface area (Å²) in [4.78, 5) is 30.2. The van der Waals surface area contributed by atoms with Gasteiger partial charge in [-0.3, -0.25) is 4.90 Å². The van der Waals surface area contributed by atoms with Crippen molar-refractivity contribution in [2.45, 2.75) is 32.2 Å². The molecular weight excluding hydrogens is 280 g/mol. The smallest absolute Gasteiger partial charge is 0.410 e. The van der Waals surface area contributed by atoms with Crippen molar-refractivity contribution in [3.05, 3.63) is 16.1 Å². The fourth-order valence-electron chi connectivity index (χ4n) is 2.25. The zero-order chi connectivity index (χ0) is 14.5. The number of esters is 1. The molecule has 1 aromatic rings. The van der Waals surface area contributed by atoms with Crippen LogP contribution in [0, 0.1) is 6.92 Å². The van der Waals surface area contributed by atoms with Crippen molar-refractivity contribution in [1.29, 1.82) is 0 Å². The largest absolute Gasteiger partial charge is 0.464 e. The third-order valence-corrected chi connectivity index (χ3v) is 4.35. The Labute approximate surface area is 121 Å². The van der Waals surface area contributed by atoms with Crippen molar-refractivity contribution < 1.29 is 19.1 Å². The van der Waals surface area contributed by atoms with Gasteiger partial charge in [-0.1, -0.05) is 0 Å². The van der Waals surface area contributed by atoms with Crippen molar-refractivity contribution in [2.24, 2.45) is 0 Å². The van der Waals surface area contributed by atoms with Gasteiger partial charge in [0.2, 0.25) is 0 Å². The molecule has 0 spiro atoms. The van der Waals surface area contributed by atoms with Crippen LogP contribution in [0.5, 0.6) is 0 Å². The SMILES string of the molecule is COC(=O)N1CCCC1C(=O)OCCc1scnc1C. The van der Waals surface area contributed by atoms with Crippen molar-refractivity contribution in [2.75, 3.05) is 20.3 Å². The summed E-state index contributed by atoms with van der Waals surface area (Å²) in [6, 6.07) is -0.509. The summed E-state index contributed by atoms with van der Waals surface area (Å²) in [5, 5.41) is 0. The predicted octanol–water partition coefficient (Wildman–Crippen LogP) is 1.77. The first-order valence-corrected chi connectivity index (χ1v) is 7.41. The Bertz CT molecular complexity index is 488. The van der Waals surface area contributed by atoms with Gasteiger partial charge in [-0.2, -0.15) is 0 Å². The number of hydrogen-bond acceptors (Lipinski definition) is 6. The molecule has 1 aromatic heterocycles. The van der Waals surface area contributed by atoms with Gasteiger partial charge >= 0.3 is 12.1 Å². The molecule has 1 aliphatic heterocycles. The molecule has 2 heterocycles. The second kappa shape index (κ2) is 6.69. The third kappa shape index (κ3) is 3.27.